The second-order valence-electron chi connectivity index (χ2n) is 10.2. The molecule has 2 saturated heterocycles. The number of hydrogen-bond acceptors (Lipinski definition) is 7. The Morgan fingerprint density at radius 3 is 2.32 bits per heavy atom. The van der Waals surface area contributed by atoms with Gasteiger partial charge in [-0.1, -0.05) is 30.3 Å². The van der Waals surface area contributed by atoms with Gasteiger partial charge in [0, 0.05) is 44.3 Å². The predicted molar refractivity (Wildman–Crippen MR) is 136 cm³/mol. The highest BCUT2D eigenvalue weighted by atomic mass is 16.7. The average molecular weight is 467 g/mol. The lowest BCUT2D eigenvalue weighted by molar-refractivity contribution is 0.00578. The number of nitrogens with zero attached hydrogens (tertiary/aromatic N) is 3. The number of aromatic nitrogens is 1. The maximum Gasteiger partial charge on any atom is 0.496 e. The van der Waals surface area contributed by atoms with Crippen LogP contribution in [0.15, 0.2) is 42.6 Å². The molecule has 1 aromatic heterocycles. The normalized spacial score (nSPS) is 20.0. The predicted octanol–water partition coefficient (Wildman–Crippen LogP) is 3.12. The second kappa shape index (κ2) is 10.6. The summed E-state index contributed by atoms with van der Waals surface area (Å²) in [5.74, 6) is 1.67. The third kappa shape index (κ3) is 5.92. The summed E-state index contributed by atoms with van der Waals surface area (Å²) in [7, 11) is 1.69. The number of likely N-dealkylation sites (N-methyl/N-ethyl adjacent to an activating group) is 1. The zero-order chi connectivity index (χ0) is 24.2. The Bertz CT molecular complexity index is 917. The summed E-state index contributed by atoms with van der Waals surface area (Å²) in [5, 5.41) is 0. The molecule has 0 amide bonds. The van der Waals surface area contributed by atoms with Crippen molar-refractivity contribution in [1.29, 1.82) is 0 Å². The molecule has 2 aromatic rings. The van der Waals surface area contributed by atoms with Gasteiger partial charge in [-0.15, -0.1) is 0 Å². The fraction of sp³-hybridized carbons (Fsp3) is 0.577. The molecule has 2 fully saturated rings. The first-order valence-electron chi connectivity index (χ1n) is 12.3. The molecule has 0 atom stereocenters. The SMILES string of the molecule is CN1CCN(c2ncc(B3OC(C)(C)C(C)(C)O3)cc2OCCCOCc2ccccc2)CC1. The highest BCUT2D eigenvalue weighted by molar-refractivity contribution is 6.62. The van der Waals surface area contributed by atoms with E-state index in [9.17, 15) is 0 Å². The van der Waals surface area contributed by atoms with Crippen LogP contribution in [0.25, 0.3) is 0 Å². The van der Waals surface area contributed by atoms with Gasteiger partial charge in [0.2, 0.25) is 0 Å². The Morgan fingerprint density at radius 2 is 1.65 bits per heavy atom. The lowest BCUT2D eigenvalue weighted by Gasteiger charge is -2.34. The fourth-order valence-electron chi connectivity index (χ4n) is 4.03. The van der Waals surface area contributed by atoms with Crippen molar-refractivity contribution in [2.75, 3.05) is 51.3 Å². The molecule has 8 heteroatoms. The molecule has 184 valence electrons. The van der Waals surface area contributed by atoms with Crippen LogP contribution in [0, 0.1) is 0 Å². The summed E-state index contributed by atoms with van der Waals surface area (Å²) in [6, 6.07) is 12.3. The van der Waals surface area contributed by atoms with E-state index in [1.54, 1.807) is 0 Å². The van der Waals surface area contributed by atoms with Crippen molar-refractivity contribution in [3.8, 4) is 5.75 Å². The van der Waals surface area contributed by atoms with Crippen LogP contribution in [0.1, 0.15) is 39.7 Å². The van der Waals surface area contributed by atoms with E-state index < -0.39 is 18.3 Å². The van der Waals surface area contributed by atoms with Crippen molar-refractivity contribution in [3.05, 3.63) is 48.2 Å². The van der Waals surface area contributed by atoms with Crippen LogP contribution in [0.3, 0.4) is 0 Å². The molecule has 2 aliphatic heterocycles. The largest absolute Gasteiger partial charge is 0.496 e. The molecule has 0 saturated carbocycles. The number of benzene rings is 1. The summed E-state index contributed by atoms with van der Waals surface area (Å²) in [5.41, 5.74) is 1.27. The summed E-state index contributed by atoms with van der Waals surface area (Å²) in [6.45, 7) is 13.9. The van der Waals surface area contributed by atoms with Crippen molar-refractivity contribution < 1.29 is 18.8 Å². The van der Waals surface area contributed by atoms with Gasteiger partial charge in [0.05, 0.1) is 31.0 Å². The van der Waals surface area contributed by atoms with E-state index in [-0.39, 0.29) is 0 Å². The van der Waals surface area contributed by atoms with E-state index in [0.717, 1.165) is 49.6 Å². The molecule has 0 spiro atoms. The molecule has 4 rings (SSSR count). The third-order valence-electron chi connectivity index (χ3n) is 6.98. The second-order valence-corrected chi connectivity index (χ2v) is 10.2. The van der Waals surface area contributed by atoms with E-state index >= 15 is 0 Å². The average Bonchev–Trinajstić information content (AvgIpc) is 3.04. The molecule has 34 heavy (non-hydrogen) atoms. The van der Waals surface area contributed by atoms with Crippen molar-refractivity contribution >= 4 is 18.4 Å². The lowest BCUT2D eigenvalue weighted by atomic mass is 9.80. The number of ether oxygens (including phenoxy) is 2. The Kier molecular flexibility index (Phi) is 7.82. The van der Waals surface area contributed by atoms with Gasteiger partial charge >= 0.3 is 7.12 Å². The van der Waals surface area contributed by atoms with Crippen molar-refractivity contribution in [1.82, 2.24) is 9.88 Å². The maximum absolute atomic E-state index is 6.26. The summed E-state index contributed by atoms with van der Waals surface area (Å²) in [6.07, 6.45) is 2.67. The minimum absolute atomic E-state index is 0.398. The molecule has 1 aromatic carbocycles. The first kappa shape index (κ1) is 25.0. The van der Waals surface area contributed by atoms with Gasteiger partial charge in [-0.2, -0.15) is 0 Å². The number of rotatable bonds is 9. The number of piperazine rings is 1. The van der Waals surface area contributed by atoms with Gasteiger partial charge in [-0.05, 0) is 46.4 Å². The van der Waals surface area contributed by atoms with E-state index in [4.69, 9.17) is 23.8 Å². The van der Waals surface area contributed by atoms with Gasteiger partial charge in [0.1, 0.15) is 0 Å². The minimum atomic E-state index is -0.462. The molecule has 0 aliphatic carbocycles. The van der Waals surface area contributed by atoms with Gasteiger partial charge < -0.3 is 28.6 Å². The lowest BCUT2D eigenvalue weighted by Crippen LogP contribution is -2.45. The van der Waals surface area contributed by atoms with Gasteiger partial charge in [-0.25, -0.2) is 4.98 Å². The van der Waals surface area contributed by atoms with E-state index in [1.807, 2.05) is 30.5 Å². The van der Waals surface area contributed by atoms with E-state index in [2.05, 4.69) is 56.7 Å². The fourth-order valence-corrected chi connectivity index (χ4v) is 4.03. The van der Waals surface area contributed by atoms with Gasteiger partial charge in [0.15, 0.2) is 11.6 Å². The number of anilines is 1. The topological polar surface area (TPSA) is 56.3 Å². The third-order valence-corrected chi connectivity index (χ3v) is 6.98. The monoisotopic (exact) mass is 467 g/mol. The molecule has 0 bridgehead atoms. The smallest absolute Gasteiger partial charge is 0.490 e. The van der Waals surface area contributed by atoms with Crippen LogP contribution in [-0.2, 0) is 20.7 Å². The van der Waals surface area contributed by atoms with Crippen molar-refractivity contribution in [3.63, 3.8) is 0 Å². The highest BCUT2D eigenvalue weighted by Crippen LogP contribution is 2.37. The van der Waals surface area contributed by atoms with Crippen molar-refractivity contribution in [2.24, 2.45) is 0 Å². The van der Waals surface area contributed by atoms with Crippen LogP contribution < -0.4 is 15.1 Å². The molecule has 0 N–H and O–H groups in total. The number of hydrogen-bond donors (Lipinski definition) is 0. The molecular formula is C26H38BN3O4. The Balaban J connectivity index is 1.40. The Morgan fingerprint density at radius 1 is 0.971 bits per heavy atom. The van der Waals surface area contributed by atoms with Crippen LogP contribution >= 0.6 is 0 Å². The van der Waals surface area contributed by atoms with Gasteiger partial charge in [-0.3, -0.25) is 0 Å². The zero-order valence-electron chi connectivity index (χ0n) is 21.3. The summed E-state index contributed by atoms with van der Waals surface area (Å²) in [4.78, 5) is 9.45. The summed E-state index contributed by atoms with van der Waals surface area (Å²) < 4.78 is 24.6. The molecule has 0 unspecified atom stereocenters. The van der Waals surface area contributed by atoms with Crippen LogP contribution in [0.2, 0.25) is 0 Å². The van der Waals surface area contributed by atoms with Crippen molar-refractivity contribution in [2.45, 2.75) is 51.9 Å². The van der Waals surface area contributed by atoms with Gasteiger partial charge in [0.25, 0.3) is 0 Å². The first-order chi connectivity index (χ1) is 16.2. The molecule has 3 heterocycles. The minimum Gasteiger partial charge on any atom is -0.490 e. The van der Waals surface area contributed by atoms with Crippen LogP contribution in [-0.4, -0.2) is 74.6 Å². The molecule has 0 radical (unpaired) electrons. The molecule has 2 aliphatic rings. The quantitative estimate of drug-likeness (QED) is 0.415. The standard InChI is InChI=1S/C26H38BN3O4/c1-25(2)26(3,4)34-27(33-25)22-18-23(24(28-19-22)30-14-12-29(5)13-15-30)32-17-9-16-31-20-21-10-7-6-8-11-21/h6-8,10-11,18-19H,9,12-17,20H2,1-5H3. The molecule has 7 nitrogen and oxygen atoms in total. The zero-order valence-corrected chi connectivity index (χ0v) is 21.3. The van der Waals surface area contributed by atoms with E-state index in [0.29, 0.717) is 19.8 Å². The Labute approximate surface area is 204 Å². The summed E-state index contributed by atoms with van der Waals surface area (Å²) >= 11 is 0. The number of pyridine rings is 1. The molecular weight excluding hydrogens is 429 g/mol. The first-order valence-corrected chi connectivity index (χ1v) is 12.3. The van der Waals surface area contributed by atoms with Crippen LogP contribution in [0.4, 0.5) is 5.82 Å². The van der Waals surface area contributed by atoms with Crippen LogP contribution in [0.5, 0.6) is 5.75 Å². The Hall–Kier alpha value is -2.13. The van der Waals surface area contributed by atoms with E-state index in [1.165, 1.54) is 5.56 Å². The highest BCUT2D eigenvalue weighted by Gasteiger charge is 2.52. The maximum atomic E-state index is 6.26.